The molecule has 0 bridgehead atoms. The normalized spacial score (nSPS) is 11.1. The number of hydrogen-bond donors (Lipinski definition) is 1. The van der Waals surface area contributed by atoms with Gasteiger partial charge in [-0.2, -0.15) is 0 Å². The second-order valence-electron chi connectivity index (χ2n) is 5.97. The van der Waals surface area contributed by atoms with E-state index in [0.717, 1.165) is 11.1 Å². The molecule has 0 heterocycles. The molecule has 0 aliphatic heterocycles. The van der Waals surface area contributed by atoms with E-state index in [4.69, 9.17) is 0 Å². The van der Waals surface area contributed by atoms with Crippen molar-refractivity contribution in [2.75, 3.05) is 11.9 Å². The topological polar surface area (TPSA) is 49.4 Å². The monoisotopic (exact) mass is 276 g/mol. The molecule has 1 aromatic rings. The Hall–Kier alpha value is -1.84. The highest BCUT2D eigenvalue weighted by Crippen LogP contribution is 2.16. The van der Waals surface area contributed by atoms with Crippen molar-refractivity contribution in [3.05, 3.63) is 29.3 Å². The van der Waals surface area contributed by atoms with Crippen LogP contribution in [0.3, 0.4) is 0 Å². The van der Waals surface area contributed by atoms with Gasteiger partial charge < -0.3 is 10.2 Å². The molecule has 4 nitrogen and oxygen atoms in total. The second kappa shape index (κ2) is 6.07. The molecular formula is C16H24N2O2. The number of rotatable bonds is 2. The summed E-state index contributed by atoms with van der Waals surface area (Å²) in [7, 11) is 0. The first-order valence-electron chi connectivity index (χ1n) is 6.87. The van der Waals surface area contributed by atoms with Gasteiger partial charge in [0.2, 0.25) is 0 Å². The van der Waals surface area contributed by atoms with Crippen molar-refractivity contribution in [2.24, 2.45) is 0 Å². The van der Waals surface area contributed by atoms with Crippen LogP contribution in [0.25, 0.3) is 0 Å². The van der Waals surface area contributed by atoms with Crippen LogP contribution in [0.2, 0.25) is 0 Å². The zero-order valence-electron chi connectivity index (χ0n) is 13.2. The molecule has 1 rings (SSSR count). The molecule has 0 saturated carbocycles. The van der Waals surface area contributed by atoms with E-state index < -0.39 is 11.8 Å². The standard InChI is InChI=1S/C16H24N2O2/c1-7-18(16(4,5)6)15(20)14(19)17-13-9-8-11(2)12(3)10-13/h8-10H,7H2,1-6H3,(H,17,19). The van der Waals surface area contributed by atoms with Gasteiger partial charge >= 0.3 is 11.8 Å². The fourth-order valence-electron chi connectivity index (χ4n) is 2.05. The van der Waals surface area contributed by atoms with Gasteiger partial charge in [-0.3, -0.25) is 9.59 Å². The van der Waals surface area contributed by atoms with Gasteiger partial charge in [0.25, 0.3) is 0 Å². The number of carbonyl (C=O) groups excluding carboxylic acids is 2. The van der Waals surface area contributed by atoms with Crippen molar-refractivity contribution in [2.45, 2.75) is 47.1 Å². The molecule has 2 amide bonds. The zero-order chi connectivity index (χ0) is 15.5. The summed E-state index contributed by atoms with van der Waals surface area (Å²) < 4.78 is 0. The maximum Gasteiger partial charge on any atom is 0.313 e. The Bertz CT molecular complexity index is 516. The first-order valence-corrected chi connectivity index (χ1v) is 6.87. The predicted molar refractivity (Wildman–Crippen MR) is 81.7 cm³/mol. The van der Waals surface area contributed by atoms with Gasteiger partial charge in [-0.1, -0.05) is 6.07 Å². The summed E-state index contributed by atoms with van der Waals surface area (Å²) in [5.74, 6) is -1.09. The number of likely N-dealkylation sites (N-methyl/N-ethyl adjacent to an activating group) is 1. The summed E-state index contributed by atoms with van der Waals surface area (Å²) in [6.45, 7) is 12.1. The lowest BCUT2D eigenvalue weighted by Crippen LogP contribution is -2.49. The molecule has 0 saturated heterocycles. The van der Waals surface area contributed by atoms with E-state index >= 15 is 0 Å². The van der Waals surface area contributed by atoms with Gasteiger partial charge in [0.1, 0.15) is 0 Å². The molecule has 0 aliphatic rings. The van der Waals surface area contributed by atoms with Crippen LogP contribution >= 0.6 is 0 Å². The number of benzene rings is 1. The molecule has 0 radical (unpaired) electrons. The lowest BCUT2D eigenvalue weighted by atomic mass is 10.1. The molecule has 4 heteroatoms. The van der Waals surface area contributed by atoms with E-state index in [1.54, 1.807) is 11.0 Å². The van der Waals surface area contributed by atoms with Crippen molar-refractivity contribution in [1.82, 2.24) is 4.90 Å². The van der Waals surface area contributed by atoms with E-state index in [0.29, 0.717) is 12.2 Å². The summed E-state index contributed by atoms with van der Waals surface area (Å²) in [5.41, 5.74) is 2.51. The van der Waals surface area contributed by atoms with Crippen molar-refractivity contribution >= 4 is 17.5 Å². The summed E-state index contributed by atoms with van der Waals surface area (Å²) in [6.07, 6.45) is 0. The SMILES string of the molecule is CCN(C(=O)C(=O)Nc1ccc(C)c(C)c1)C(C)(C)C. The second-order valence-corrected chi connectivity index (χ2v) is 5.97. The third kappa shape index (κ3) is 3.83. The minimum atomic E-state index is -0.593. The molecule has 1 N–H and O–H groups in total. The number of amides is 2. The van der Waals surface area contributed by atoms with Crippen molar-refractivity contribution in [1.29, 1.82) is 0 Å². The average Bonchev–Trinajstić information content (AvgIpc) is 2.32. The summed E-state index contributed by atoms with van der Waals surface area (Å²) >= 11 is 0. The van der Waals surface area contributed by atoms with E-state index in [2.05, 4.69) is 5.32 Å². The number of nitrogens with one attached hydrogen (secondary N) is 1. The lowest BCUT2D eigenvalue weighted by Gasteiger charge is -2.34. The number of carbonyl (C=O) groups is 2. The molecule has 0 unspecified atom stereocenters. The maximum absolute atomic E-state index is 12.2. The lowest BCUT2D eigenvalue weighted by molar-refractivity contribution is -0.146. The van der Waals surface area contributed by atoms with Crippen molar-refractivity contribution in [3.8, 4) is 0 Å². The number of hydrogen-bond acceptors (Lipinski definition) is 2. The quantitative estimate of drug-likeness (QED) is 0.844. The molecule has 20 heavy (non-hydrogen) atoms. The minimum Gasteiger partial charge on any atom is -0.330 e. The Morgan fingerprint density at radius 2 is 1.75 bits per heavy atom. The van der Waals surface area contributed by atoms with Gasteiger partial charge in [0, 0.05) is 17.8 Å². The van der Waals surface area contributed by atoms with Crippen molar-refractivity contribution < 1.29 is 9.59 Å². The molecule has 0 atom stereocenters. The third-order valence-electron chi connectivity index (χ3n) is 3.33. The number of anilines is 1. The van der Waals surface area contributed by atoms with Crippen LogP contribution < -0.4 is 5.32 Å². The highest BCUT2D eigenvalue weighted by atomic mass is 16.2. The molecule has 110 valence electrons. The summed E-state index contributed by atoms with van der Waals surface area (Å²) in [4.78, 5) is 25.8. The Morgan fingerprint density at radius 1 is 1.15 bits per heavy atom. The van der Waals surface area contributed by atoms with E-state index in [1.165, 1.54) is 0 Å². The van der Waals surface area contributed by atoms with Gasteiger partial charge in [0.15, 0.2) is 0 Å². The molecule has 1 aromatic carbocycles. The first kappa shape index (κ1) is 16.2. The third-order valence-corrected chi connectivity index (χ3v) is 3.33. The van der Waals surface area contributed by atoms with E-state index in [1.807, 2.05) is 53.7 Å². The van der Waals surface area contributed by atoms with E-state index in [9.17, 15) is 9.59 Å². The van der Waals surface area contributed by atoms with Gasteiger partial charge in [0.05, 0.1) is 0 Å². The largest absolute Gasteiger partial charge is 0.330 e. The Balaban J connectivity index is 2.85. The molecule has 0 fully saturated rings. The fraction of sp³-hybridized carbons (Fsp3) is 0.500. The Labute approximate surface area is 121 Å². The zero-order valence-corrected chi connectivity index (χ0v) is 13.2. The Kier molecular flexibility index (Phi) is 4.93. The van der Waals surface area contributed by atoms with Crippen LogP contribution in [0.1, 0.15) is 38.8 Å². The highest BCUT2D eigenvalue weighted by Gasteiger charge is 2.29. The van der Waals surface area contributed by atoms with Crippen LogP contribution in [0.5, 0.6) is 0 Å². The maximum atomic E-state index is 12.2. The van der Waals surface area contributed by atoms with Crippen LogP contribution in [0.4, 0.5) is 5.69 Å². The van der Waals surface area contributed by atoms with Gasteiger partial charge in [-0.05, 0) is 64.8 Å². The van der Waals surface area contributed by atoms with E-state index in [-0.39, 0.29) is 5.54 Å². The Morgan fingerprint density at radius 3 is 2.20 bits per heavy atom. The van der Waals surface area contributed by atoms with Crippen molar-refractivity contribution in [3.63, 3.8) is 0 Å². The molecule has 0 aromatic heterocycles. The van der Waals surface area contributed by atoms with Crippen LogP contribution in [-0.4, -0.2) is 28.8 Å². The van der Waals surface area contributed by atoms with Gasteiger partial charge in [-0.15, -0.1) is 0 Å². The minimum absolute atomic E-state index is 0.369. The number of aryl methyl sites for hydroxylation is 2. The molecular weight excluding hydrogens is 252 g/mol. The van der Waals surface area contributed by atoms with Crippen LogP contribution in [0.15, 0.2) is 18.2 Å². The molecule has 0 spiro atoms. The smallest absolute Gasteiger partial charge is 0.313 e. The number of nitrogens with zero attached hydrogens (tertiary/aromatic N) is 1. The summed E-state index contributed by atoms with van der Waals surface area (Å²) in [6, 6.07) is 5.60. The van der Waals surface area contributed by atoms with Gasteiger partial charge in [-0.25, -0.2) is 0 Å². The van der Waals surface area contributed by atoms with Crippen LogP contribution in [-0.2, 0) is 9.59 Å². The molecule has 0 aliphatic carbocycles. The van der Waals surface area contributed by atoms with Crippen LogP contribution in [0, 0.1) is 13.8 Å². The summed E-state index contributed by atoms with van der Waals surface area (Å²) in [5, 5.41) is 2.67. The average molecular weight is 276 g/mol. The first-order chi connectivity index (χ1) is 9.16. The predicted octanol–water partition coefficient (Wildman–Crippen LogP) is 2.89. The highest BCUT2D eigenvalue weighted by molar-refractivity contribution is 6.39. The fourth-order valence-corrected chi connectivity index (χ4v) is 2.05.